The van der Waals surface area contributed by atoms with E-state index in [0.29, 0.717) is 23.4 Å². The van der Waals surface area contributed by atoms with Gasteiger partial charge in [-0.15, -0.1) is 0 Å². The molecule has 3 heterocycles. The number of nitrogens with zero attached hydrogens (tertiary/aromatic N) is 4. The molecule has 0 bridgehead atoms. The number of hydrogen-bond donors (Lipinski definition) is 2. The van der Waals surface area contributed by atoms with Gasteiger partial charge in [-0.25, -0.2) is 4.98 Å². The zero-order valence-electron chi connectivity index (χ0n) is 23.9. The van der Waals surface area contributed by atoms with Crippen molar-refractivity contribution in [1.82, 2.24) is 14.8 Å². The van der Waals surface area contributed by atoms with E-state index < -0.39 is 0 Å². The lowest BCUT2D eigenvalue weighted by Crippen LogP contribution is -2.42. The highest BCUT2D eigenvalue weighted by atomic mass is 16.3. The second-order valence-electron chi connectivity index (χ2n) is 11.5. The molecule has 2 N–H and O–H groups in total. The number of amides is 1. The number of fused-ring (bicyclic) bond motifs is 1. The second-order valence-corrected chi connectivity index (χ2v) is 11.5. The first-order chi connectivity index (χ1) is 20.6. The summed E-state index contributed by atoms with van der Waals surface area (Å²) in [6, 6.07) is 27.6. The van der Waals surface area contributed by atoms with Crippen molar-refractivity contribution in [1.29, 1.82) is 5.26 Å². The maximum Gasteiger partial charge on any atom is 0.254 e. The molecule has 1 unspecified atom stereocenters. The van der Waals surface area contributed by atoms with E-state index in [-0.39, 0.29) is 24.6 Å². The highest BCUT2D eigenvalue weighted by Gasteiger charge is 2.32. The lowest BCUT2D eigenvalue weighted by Gasteiger charge is -2.29. The summed E-state index contributed by atoms with van der Waals surface area (Å²) in [6.45, 7) is 3.86. The third kappa shape index (κ3) is 6.15. The molecule has 1 aromatic heterocycles. The van der Waals surface area contributed by atoms with E-state index in [1.165, 1.54) is 12.8 Å². The minimum atomic E-state index is -0.243. The quantitative estimate of drug-likeness (QED) is 0.282. The summed E-state index contributed by atoms with van der Waals surface area (Å²) in [5.41, 5.74) is 5.04. The highest BCUT2D eigenvalue weighted by Crippen LogP contribution is 2.31. The van der Waals surface area contributed by atoms with Gasteiger partial charge < -0.3 is 20.2 Å². The smallest absolute Gasteiger partial charge is 0.254 e. The van der Waals surface area contributed by atoms with Crippen molar-refractivity contribution in [3.63, 3.8) is 0 Å². The van der Waals surface area contributed by atoms with Gasteiger partial charge in [-0.2, -0.15) is 5.26 Å². The summed E-state index contributed by atoms with van der Waals surface area (Å²) in [5.74, 6) is 0.620. The number of benzene rings is 3. The molecule has 7 heteroatoms. The number of carbonyl (C=O) groups excluding carboxylic acids is 1. The zero-order valence-corrected chi connectivity index (χ0v) is 23.9. The Balaban J connectivity index is 1.36. The van der Waals surface area contributed by atoms with Crippen molar-refractivity contribution in [3.8, 4) is 17.2 Å². The van der Waals surface area contributed by atoms with Gasteiger partial charge >= 0.3 is 0 Å². The van der Waals surface area contributed by atoms with E-state index in [1.54, 1.807) is 0 Å². The molecule has 2 aliphatic heterocycles. The Kier molecular flexibility index (Phi) is 8.45. The van der Waals surface area contributed by atoms with Crippen molar-refractivity contribution in [2.45, 2.75) is 44.2 Å². The van der Waals surface area contributed by atoms with Crippen LogP contribution < -0.4 is 5.32 Å². The number of likely N-dealkylation sites (tertiary alicyclic amines) is 2. The number of carbonyl (C=O) groups is 1. The van der Waals surface area contributed by atoms with Crippen molar-refractivity contribution >= 4 is 22.6 Å². The number of pyridine rings is 1. The summed E-state index contributed by atoms with van der Waals surface area (Å²) < 4.78 is 0. The fourth-order valence-corrected chi connectivity index (χ4v) is 6.37. The largest absolute Gasteiger partial charge is 0.394 e. The number of nitrogens with one attached hydrogen (secondary N) is 1. The predicted molar refractivity (Wildman–Crippen MR) is 166 cm³/mol. The van der Waals surface area contributed by atoms with E-state index in [4.69, 9.17) is 4.98 Å². The van der Waals surface area contributed by atoms with Gasteiger partial charge in [0.25, 0.3) is 5.91 Å². The molecule has 2 saturated heterocycles. The van der Waals surface area contributed by atoms with Crippen LogP contribution in [0.25, 0.3) is 22.0 Å². The highest BCUT2D eigenvalue weighted by molar-refractivity contribution is 6.08. The van der Waals surface area contributed by atoms with Crippen LogP contribution in [0, 0.1) is 11.3 Å². The van der Waals surface area contributed by atoms with Gasteiger partial charge in [0.1, 0.15) is 5.82 Å². The number of aromatic nitrogens is 1. The monoisotopic (exact) mass is 559 g/mol. The van der Waals surface area contributed by atoms with Crippen molar-refractivity contribution < 1.29 is 9.90 Å². The molecule has 4 aromatic rings. The first-order valence-corrected chi connectivity index (χ1v) is 15.0. The van der Waals surface area contributed by atoms with Gasteiger partial charge in [0.2, 0.25) is 0 Å². The molecule has 1 amide bonds. The molecule has 42 heavy (non-hydrogen) atoms. The first-order valence-electron chi connectivity index (χ1n) is 15.0. The molecule has 0 aliphatic carbocycles. The Labute approximate surface area is 247 Å². The third-order valence-electron chi connectivity index (χ3n) is 8.59. The number of aliphatic hydroxyl groups is 1. The Morgan fingerprint density at radius 1 is 0.976 bits per heavy atom. The van der Waals surface area contributed by atoms with Crippen molar-refractivity contribution in [3.05, 3.63) is 95.6 Å². The van der Waals surface area contributed by atoms with Gasteiger partial charge in [-0.3, -0.25) is 4.79 Å². The summed E-state index contributed by atoms with van der Waals surface area (Å²) >= 11 is 0. The molecular formula is C35H37N5O2. The third-order valence-corrected chi connectivity index (χ3v) is 8.59. The molecule has 0 spiro atoms. The maximum absolute atomic E-state index is 14.3. The lowest BCUT2D eigenvalue weighted by molar-refractivity contribution is 0.0710. The summed E-state index contributed by atoms with van der Waals surface area (Å²) in [5, 5.41) is 23.6. The molecule has 3 aromatic carbocycles. The van der Waals surface area contributed by atoms with E-state index in [2.05, 4.69) is 21.2 Å². The van der Waals surface area contributed by atoms with Crippen LogP contribution in [0.3, 0.4) is 0 Å². The van der Waals surface area contributed by atoms with E-state index in [9.17, 15) is 15.2 Å². The standard InChI is InChI=1S/C35H37N5O2/c36-22-26-10-12-27(13-11-26)28-14-15-33-31(20-28)32(35(42)40-18-6-9-30(40)23-39-16-4-5-17-39)21-34(38-33)37-29(24-41)19-25-7-2-1-3-8-25/h1-3,7-8,10-15,20-21,29-30,41H,4-6,9,16-19,23-24H2,(H,37,38)/t29?,30-/m0/s1. The summed E-state index contributed by atoms with van der Waals surface area (Å²) in [6.07, 6.45) is 5.15. The Bertz CT molecular complexity index is 1580. The number of rotatable bonds is 9. The van der Waals surface area contributed by atoms with Gasteiger partial charge in [0.15, 0.2) is 0 Å². The fraction of sp³-hybridized carbons (Fsp3) is 0.343. The van der Waals surface area contributed by atoms with Gasteiger partial charge in [-0.05, 0) is 92.2 Å². The van der Waals surface area contributed by atoms with Crippen LogP contribution >= 0.6 is 0 Å². The van der Waals surface area contributed by atoms with Gasteiger partial charge in [0.05, 0.1) is 35.4 Å². The molecule has 7 nitrogen and oxygen atoms in total. The van der Waals surface area contributed by atoms with Crippen molar-refractivity contribution in [2.75, 3.05) is 38.1 Å². The average molecular weight is 560 g/mol. The Hall–Kier alpha value is -4.25. The molecule has 0 saturated carbocycles. The first kappa shape index (κ1) is 27.9. The van der Waals surface area contributed by atoms with Crippen molar-refractivity contribution in [2.24, 2.45) is 0 Å². The van der Waals surface area contributed by atoms with Gasteiger partial charge in [-0.1, -0.05) is 48.5 Å². The van der Waals surface area contributed by atoms with Crippen LogP contribution in [-0.2, 0) is 6.42 Å². The molecule has 214 valence electrons. The molecule has 2 atom stereocenters. The molecule has 6 rings (SSSR count). The van der Waals surface area contributed by atoms with E-state index in [0.717, 1.165) is 66.6 Å². The summed E-state index contributed by atoms with van der Waals surface area (Å²) in [7, 11) is 0. The Morgan fingerprint density at radius 2 is 1.74 bits per heavy atom. The zero-order chi connectivity index (χ0) is 28.9. The number of nitriles is 1. The predicted octanol–water partition coefficient (Wildman–Crippen LogP) is 5.49. The average Bonchev–Trinajstić information content (AvgIpc) is 3.73. The maximum atomic E-state index is 14.3. The SMILES string of the molecule is N#Cc1ccc(-c2ccc3nc(NC(CO)Cc4ccccc4)cc(C(=O)N4CCC[C@H]4CN4CCCC4)c3c2)cc1. The minimum absolute atomic E-state index is 0.0349. The molecule has 2 aliphatic rings. The van der Waals surface area contributed by atoms with Gasteiger partial charge in [0, 0.05) is 24.5 Å². The second kappa shape index (κ2) is 12.7. The van der Waals surface area contributed by atoms with Crippen LogP contribution in [0.2, 0.25) is 0 Å². The normalized spacial score (nSPS) is 17.8. The van der Waals surface area contributed by atoms with Crippen LogP contribution in [0.1, 0.15) is 47.2 Å². The number of hydrogen-bond acceptors (Lipinski definition) is 6. The molecule has 2 fully saturated rings. The Morgan fingerprint density at radius 3 is 2.48 bits per heavy atom. The minimum Gasteiger partial charge on any atom is -0.394 e. The van der Waals surface area contributed by atoms with Crippen LogP contribution in [-0.4, -0.2) is 70.7 Å². The van der Waals surface area contributed by atoms with Crippen LogP contribution in [0.4, 0.5) is 5.82 Å². The lowest BCUT2D eigenvalue weighted by atomic mass is 9.99. The topological polar surface area (TPSA) is 92.5 Å². The number of aliphatic hydroxyl groups excluding tert-OH is 1. The fourth-order valence-electron chi connectivity index (χ4n) is 6.37. The van der Waals surface area contributed by atoms with E-state index >= 15 is 0 Å². The van der Waals surface area contributed by atoms with E-state index in [1.807, 2.05) is 78.9 Å². The molecular weight excluding hydrogens is 522 g/mol. The summed E-state index contributed by atoms with van der Waals surface area (Å²) in [4.78, 5) is 23.8. The molecule has 0 radical (unpaired) electrons. The van der Waals surface area contributed by atoms with Crippen LogP contribution in [0.15, 0.2) is 78.9 Å². The number of anilines is 1. The van der Waals surface area contributed by atoms with Crippen LogP contribution in [0.5, 0.6) is 0 Å².